The first-order chi connectivity index (χ1) is 7.24. The van der Waals surface area contributed by atoms with Crippen LogP contribution >= 0.6 is 0 Å². The van der Waals surface area contributed by atoms with Crippen molar-refractivity contribution in [2.45, 2.75) is 32.6 Å². The normalized spacial score (nSPS) is 17.9. The van der Waals surface area contributed by atoms with Gasteiger partial charge in [0.2, 0.25) is 0 Å². The Morgan fingerprint density at radius 3 is 2.87 bits per heavy atom. The van der Waals surface area contributed by atoms with Crippen LogP contribution in [-0.2, 0) is 0 Å². The van der Waals surface area contributed by atoms with Crippen LogP contribution in [0, 0.1) is 0 Å². The summed E-state index contributed by atoms with van der Waals surface area (Å²) in [7, 11) is 0. The number of carbonyl (C=O) groups excluding carboxylic acids is 1. The molecule has 78 valence electrons. The van der Waals surface area contributed by atoms with E-state index in [-0.39, 0.29) is 5.78 Å². The van der Waals surface area contributed by atoms with Gasteiger partial charge in [-0.3, -0.25) is 4.79 Å². The molecule has 0 saturated heterocycles. The summed E-state index contributed by atoms with van der Waals surface area (Å²) in [5.41, 5.74) is 3.33. The summed E-state index contributed by atoms with van der Waals surface area (Å²) in [5, 5.41) is 0. The van der Waals surface area contributed by atoms with Crippen LogP contribution in [0.25, 0.3) is 6.08 Å². The third kappa shape index (κ3) is 1.74. The van der Waals surface area contributed by atoms with E-state index in [0.717, 1.165) is 11.1 Å². The van der Waals surface area contributed by atoms with Gasteiger partial charge in [0.25, 0.3) is 0 Å². The highest BCUT2D eigenvalue weighted by Gasteiger charge is 2.19. The molecule has 1 unspecified atom stereocenters. The molecule has 1 aliphatic carbocycles. The van der Waals surface area contributed by atoms with Crippen molar-refractivity contribution in [3.63, 3.8) is 0 Å². The molecule has 0 aliphatic heterocycles. The van der Waals surface area contributed by atoms with Gasteiger partial charge in [-0.15, -0.1) is 0 Å². The van der Waals surface area contributed by atoms with E-state index in [1.165, 1.54) is 18.4 Å². The molecule has 0 aromatic heterocycles. The third-order valence-corrected chi connectivity index (χ3v) is 3.01. The van der Waals surface area contributed by atoms with Crippen LogP contribution in [0.4, 0.5) is 0 Å². The molecule has 1 nitrogen and oxygen atoms in total. The highest BCUT2D eigenvalue weighted by Crippen LogP contribution is 2.35. The van der Waals surface area contributed by atoms with Gasteiger partial charge in [0, 0.05) is 11.5 Å². The van der Waals surface area contributed by atoms with Crippen molar-refractivity contribution in [1.82, 2.24) is 0 Å². The molecule has 1 aliphatic rings. The molecule has 0 radical (unpaired) electrons. The Morgan fingerprint density at radius 2 is 2.20 bits per heavy atom. The molecule has 0 bridgehead atoms. The topological polar surface area (TPSA) is 17.1 Å². The summed E-state index contributed by atoms with van der Waals surface area (Å²) in [5.74, 6) is 0.679. The molecule has 0 amide bonds. The predicted molar refractivity (Wildman–Crippen MR) is 63.1 cm³/mol. The average Bonchev–Trinajstić information content (AvgIpc) is 2.62. The SMILES string of the molecule is CCCC1C=Cc2c(C(C)=O)cccc21. The molecule has 0 N–H and O–H groups in total. The monoisotopic (exact) mass is 200 g/mol. The van der Waals surface area contributed by atoms with Crippen LogP contribution in [0.15, 0.2) is 24.3 Å². The molecule has 15 heavy (non-hydrogen) atoms. The Balaban J connectivity index is 2.43. The van der Waals surface area contributed by atoms with Gasteiger partial charge in [0.15, 0.2) is 5.78 Å². The molecule has 2 rings (SSSR count). The van der Waals surface area contributed by atoms with Gasteiger partial charge in [-0.2, -0.15) is 0 Å². The fourth-order valence-corrected chi connectivity index (χ4v) is 2.28. The van der Waals surface area contributed by atoms with Crippen molar-refractivity contribution in [2.24, 2.45) is 0 Å². The molecule has 1 aromatic rings. The Morgan fingerprint density at radius 1 is 1.40 bits per heavy atom. The van der Waals surface area contributed by atoms with Crippen molar-refractivity contribution in [1.29, 1.82) is 0 Å². The molecule has 1 aromatic carbocycles. The van der Waals surface area contributed by atoms with E-state index in [1.54, 1.807) is 6.92 Å². The Kier molecular flexibility index (Phi) is 2.72. The van der Waals surface area contributed by atoms with Crippen LogP contribution in [0.3, 0.4) is 0 Å². The lowest BCUT2D eigenvalue weighted by molar-refractivity contribution is 0.101. The smallest absolute Gasteiger partial charge is 0.160 e. The van der Waals surface area contributed by atoms with Crippen molar-refractivity contribution in [3.8, 4) is 0 Å². The van der Waals surface area contributed by atoms with E-state index in [0.29, 0.717) is 5.92 Å². The van der Waals surface area contributed by atoms with E-state index in [2.05, 4.69) is 25.1 Å². The molecule has 0 spiro atoms. The third-order valence-electron chi connectivity index (χ3n) is 3.01. The lowest BCUT2D eigenvalue weighted by Gasteiger charge is -2.10. The Bertz CT molecular complexity index is 415. The molecule has 0 saturated carbocycles. The maximum atomic E-state index is 11.4. The van der Waals surface area contributed by atoms with Gasteiger partial charge < -0.3 is 0 Å². The number of hydrogen-bond acceptors (Lipinski definition) is 1. The van der Waals surface area contributed by atoms with Crippen molar-refractivity contribution >= 4 is 11.9 Å². The van der Waals surface area contributed by atoms with Crippen LogP contribution in [0.2, 0.25) is 0 Å². The van der Waals surface area contributed by atoms with Gasteiger partial charge in [-0.05, 0) is 24.5 Å². The number of rotatable bonds is 3. The Labute approximate surface area is 90.8 Å². The molecule has 0 fully saturated rings. The first-order valence-corrected chi connectivity index (χ1v) is 5.56. The first-order valence-electron chi connectivity index (χ1n) is 5.56. The highest BCUT2D eigenvalue weighted by molar-refractivity contribution is 5.98. The lowest BCUT2D eigenvalue weighted by Crippen LogP contribution is -1.99. The number of benzene rings is 1. The van der Waals surface area contributed by atoms with Gasteiger partial charge >= 0.3 is 0 Å². The fourth-order valence-electron chi connectivity index (χ4n) is 2.28. The summed E-state index contributed by atoms with van der Waals surface area (Å²) in [6.07, 6.45) is 6.68. The number of fused-ring (bicyclic) bond motifs is 1. The maximum Gasteiger partial charge on any atom is 0.160 e. The molecule has 1 atom stereocenters. The van der Waals surface area contributed by atoms with Crippen molar-refractivity contribution in [2.75, 3.05) is 0 Å². The lowest BCUT2D eigenvalue weighted by atomic mass is 9.93. The minimum atomic E-state index is 0.161. The summed E-state index contributed by atoms with van der Waals surface area (Å²) in [6, 6.07) is 6.05. The first kappa shape index (κ1) is 10.2. The number of carbonyl (C=O) groups is 1. The molecular formula is C14H16O. The van der Waals surface area contributed by atoms with Crippen LogP contribution in [0.5, 0.6) is 0 Å². The van der Waals surface area contributed by atoms with Crippen LogP contribution in [-0.4, -0.2) is 5.78 Å². The minimum Gasteiger partial charge on any atom is -0.294 e. The standard InChI is InChI=1S/C14H16O/c1-3-5-11-8-9-14-12(10(2)15)6-4-7-13(11)14/h4,6-9,11H,3,5H2,1-2H3. The van der Waals surface area contributed by atoms with E-state index in [1.807, 2.05) is 12.1 Å². The van der Waals surface area contributed by atoms with Crippen molar-refractivity contribution < 1.29 is 4.79 Å². The van der Waals surface area contributed by atoms with E-state index in [4.69, 9.17) is 0 Å². The average molecular weight is 200 g/mol. The van der Waals surface area contributed by atoms with E-state index < -0.39 is 0 Å². The summed E-state index contributed by atoms with van der Waals surface area (Å²) in [4.78, 5) is 11.4. The largest absolute Gasteiger partial charge is 0.294 e. The van der Waals surface area contributed by atoms with Crippen LogP contribution in [0.1, 0.15) is 54.1 Å². The van der Waals surface area contributed by atoms with Crippen molar-refractivity contribution in [3.05, 3.63) is 41.0 Å². The van der Waals surface area contributed by atoms with E-state index >= 15 is 0 Å². The second kappa shape index (κ2) is 4.01. The quantitative estimate of drug-likeness (QED) is 0.678. The number of Topliss-reactive ketones (excluding diaryl/α,β-unsaturated/α-hetero) is 1. The van der Waals surface area contributed by atoms with E-state index in [9.17, 15) is 4.79 Å². The highest BCUT2D eigenvalue weighted by atomic mass is 16.1. The maximum absolute atomic E-state index is 11.4. The Hall–Kier alpha value is -1.37. The fraction of sp³-hybridized carbons (Fsp3) is 0.357. The second-order valence-corrected chi connectivity index (χ2v) is 4.12. The van der Waals surface area contributed by atoms with Gasteiger partial charge in [0.05, 0.1) is 0 Å². The second-order valence-electron chi connectivity index (χ2n) is 4.12. The molecular weight excluding hydrogens is 184 g/mol. The van der Waals surface area contributed by atoms with Gasteiger partial charge in [-0.25, -0.2) is 0 Å². The zero-order valence-corrected chi connectivity index (χ0v) is 9.29. The zero-order chi connectivity index (χ0) is 10.8. The van der Waals surface area contributed by atoms with Gasteiger partial charge in [0.1, 0.15) is 0 Å². The number of allylic oxidation sites excluding steroid dienone is 1. The molecule has 1 heteroatoms. The molecule has 0 heterocycles. The summed E-state index contributed by atoms with van der Waals surface area (Å²) >= 11 is 0. The number of ketones is 1. The minimum absolute atomic E-state index is 0.161. The predicted octanol–water partition coefficient (Wildman–Crippen LogP) is 3.80. The zero-order valence-electron chi connectivity index (χ0n) is 9.29. The summed E-state index contributed by atoms with van der Waals surface area (Å²) < 4.78 is 0. The number of hydrogen-bond donors (Lipinski definition) is 0. The van der Waals surface area contributed by atoms with Crippen LogP contribution < -0.4 is 0 Å². The van der Waals surface area contributed by atoms with Gasteiger partial charge in [-0.1, -0.05) is 43.7 Å². The summed E-state index contributed by atoms with van der Waals surface area (Å²) in [6.45, 7) is 3.83.